The molecule has 0 fully saturated rings. The van der Waals surface area contributed by atoms with E-state index in [2.05, 4.69) is 10.3 Å². The zero-order valence-corrected chi connectivity index (χ0v) is 11.7. The lowest BCUT2D eigenvalue weighted by molar-refractivity contribution is 0.0696. The van der Waals surface area contributed by atoms with Crippen LogP contribution in [0.5, 0.6) is 0 Å². The van der Waals surface area contributed by atoms with E-state index in [1.165, 1.54) is 6.07 Å². The summed E-state index contributed by atoms with van der Waals surface area (Å²) in [5.74, 6) is -1.29. The number of amides is 1. The van der Waals surface area contributed by atoms with Crippen molar-refractivity contribution < 1.29 is 14.7 Å². The molecule has 4 N–H and O–H groups in total. The maximum absolute atomic E-state index is 11.5. The maximum Gasteiger partial charge on any atom is 0.336 e. The monoisotopic (exact) mass is 285 g/mol. The van der Waals surface area contributed by atoms with Gasteiger partial charge in [-0.1, -0.05) is 6.07 Å². The highest BCUT2D eigenvalue weighted by Gasteiger charge is 2.14. The molecule has 6 heteroatoms. The second kappa shape index (κ2) is 5.62. The van der Waals surface area contributed by atoms with Crippen molar-refractivity contribution in [1.29, 1.82) is 0 Å². The molecular formula is C15H15N3O3. The Morgan fingerprint density at radius 2 is 1.90 bits per heavy atom. The average molecular weight is 285 g/mol. The van der Waals surface area contributed by atoms with Crippen molar-refractivity contribution in [2.24, 2.45) is 5.73 Å². The van der Waals surface area contributed by atoms with E-state index in [-0.39, 0.29) is 11.1 Å². The first-order chi connectivity index (χ1) is 9.90. The molecule has 0 aliphatic carbocycles. The lowest BCUT2D eigenvalue weighted by atomic mass is 10.1. The van der Waals surface area contributed by atoms with Crippen LogP contribution >= 0.6 is 0 Å². The number of pyridine rings is 1. The van der Waals surface area contributed by atoms with E-state index in [1.807, 2.05) is 0 Å². The van der Waals surface area contributed by atoms with Crippen molar-refractivity contribution >= 4 is 23.4 Å². The lowest BCUT2D eigenvalue weighted by Crippen LogP contribution is -2.16. The molecule has 0 spiro atoms. The van der Waals surface area contributed by atoms with Crippen LogP contribution in [-0.2, 0) is 0 Å². The van der Waals surface area contributed by atoms with Crippen LogP contribution < -0.4 is 11.1 Å². The molecule has 108 valence electrons. The molecule has 0 aliphatic rings. The first-order valence-electron chi connectivity index (χ1n) is 6.26. The van der Waals surface area contributed by atoms with Gasteiger partial charge in [-0.25, -0.2) is 9.78 Å². The number of aryl methyl sites for hydroxylation is 2. The van der Waals surface area contributed by atoms with Crippen LogP contribution in [0, 0.1) is 13.8 Å². The van der Waals surface area contributed by atoms with E-state index in [9.17, 15) is 9.59 Å². The van der Waals surface area contributed by atoms with Crippen LogP contribution in [0.1, 0.15) is 31.8 Å². The van der Waals surface area contributed by atoms with Gasteiger partial charge in [-0.2, -0.15) is 0 Å². The molecule has 2 aromatic rings. The number of hydrogen-bond donors (Lipinski definition) is 3. The number of rotatable bonds is 4. The van der Waals surface area contributed by atoms with E-state index < -0.39 is 11.9 Å². The number of carbonyl (C=O) groups is 2. The first-order valence-corrected chi connectivity index (χ1v) is 6.26. The van der Waals surface area contributed by atoms with Crippen LogP contribution in [0.15, 0.2) is 30.5 Å². The number of aromatic nitrogens is 1. The Kier molecular flexibility index (Phi) is 3.89. The van der Waals surface area contributed by atoms with Crippen LogP contribution in [0.4, 0.5) is 11.5 Å². The van der Waals surface area contributed by atoms with Gasteiger partial charge in [-0.05, 0) is 43.2 Å². The number of nitrogens with zero attached hydrogens (tertiary/aromatic N) is 1. The molecule has 1 aromatic carbocycles. The minimum Gasteiger partial charge on any atom is -0.478 e. The highest BCUT2D eigenvalue weighted by molar-refractivity contribution is 5.99. The normalized spacial score (nSPS) is 10.2. The predicted molar refractivity (Wildman–Crippen MR) is 78.9 cm³/mol. The second-order valence-electron chi connectivity index (χ2n) is 4.68. The van der Waals surface area contributed by atoms with Gasteiger partial charge in [0.15, 0.2) is 0 Å². The molecule has 0 unspecified atom stereocenters. The van der Waals surface area contributed by atoms with E-state index >= 15 is 0 Å². The minimum absolute atomic E-state index is 0.188. The van der Waals surface area contributed by atoms with Crippen LogP contribution in [0.3, 0.4) is 0 Å². The summed E-state index contributed by atoms with van der Waals surface area (Å²) >= 11 is 0. The number of benzene rings is 1. The van der Waals surface area contributed by atoms with Crippen molar-refractivity contribution in [2.75, 3.05) is 5.32 Å². The Morgan fingerprint density at radius 1 is 1.19 bits per heavy atom. The third-order valence-corrected chi connectivity index (χ3v) is 3.14. The first kappa shape index (κ1) is 14.5. The molecule has 1 aromatic heterocycles. The molecule has 0 radical (unpaired) electrons. The fraction of sp³-hybridized carbons (Fsp3) is 0.133. The molecule has 1 amide bonds. The Bertz CT molecular complexity index is 726. The predicted octanol–water partition coefficient (Wildman–Crippen LogP) is 2.24. The molecule has 0 saturated carbocycles. The number of anilines is 2. The van der Waals surface area contributed by atoms with Crippen molar-refractivity contribution in [1.82, 2.24) is 4.98 Å². The number of carboxylic acid groups (broad SMARTS) is 1. The summed E-state index contributed by atoms with van der Waals surface area (Å²) in [4.78, 5) is 26.7. The van der Waals surface area contributed by atoms with Crippen LogP contribution in [0.2, 0.25) is 0 Å². The van der Waals surface area contributed by atoms with Gasteiger partial charge in [0, 0.05) is 11.9 Å². The summed E-state index contributed by atoms with van der Waals surface area (Å²) in [6.45, 7) is 3.47. The number of nitrogens with two attached hydrogens (primary N) is 1. The number of nitrogens with one attached hydrogen (secondary N) is 1. The third kappa shape index (κ3) is 3.00. The Balaban J connectivity index is 2.44. The molecule has 0 aliphatic heterocycles. The molecule has 2 rings (SSSR count). The standard InChI is InChI=1S/C15H15N3O3/c1-8-3-4-10(7-11(8)15(20)21)18-14-12(13(16)19)9(2)5-6-17-14/h3-7H,1-2H3,(H2,16,19)(H,17,18)(H,20,21). The zero-order chi connectivity index (χ0) is 15.6. The number of carbonyl (C=O) groups excluding carboxylic acids is 1. The Labute approximate surface area is 121 Å². The second-order valence-corrected chi connectivity index (χ2v) is 4.68. The summed E-state index contributed by atoms with van der Waals surface area (Å²) < 4.78 is 0. The van der Waals surface area contributed by atoms with Crippen molar-refractivity contribution in [3.8, 4) is 0 Å². The molecule has 21 heavy (non-hydrogen) atoms. The molecule has 0 saturated heterocycles. The summed E-state index contributed by atoms with van der Waals surface area (Å²) in [7, 11) is 0. The highest BCUT2D eigenvalue weighted by Crippen LogP contribution is 2.23. The van der Waals surface area contributed by atoms with E-state index in [1.54, 1.807) is 38.2 Å². The van der Waals surface area contributed by atoms with E-state index in [4.69, 9.17) is 10.8 Å². The fourth-order valence-electron chi connectivity index (χ4n) is 2.03. The Hall–Kier alpha value is -2.89. The van der Waals surface area contributed by atoms with Gasteiger partial charge in [-0.15, -0.1) is 0 Å². The molecule has 6 nitrogen and oxygen atoms in total. The molecular weight excluding hydrogens is 270 g/mol. The molecule has 0 atom stereocenters. The SMILES string of the molecule is Cc1ccc(Nc2nccc(C)c2C(N)=O)cc1C(=O)O. The smallest absolute Gasteiger partial charge is 0.336 e. The van der Waals surface area contributed by atoms with Gasteiger partial charge in [0.25, 0.3) is 5.91 Å². The van der Waals surface area contributed by atoms with Crippen LogP contribution in [-0.4, -0.2) is 22.0 Å². The topological polar surface area (TPSA) is 105 Å². The number of aromatic carboxylic acids is 1. The summed E-state index contributed by atoms with van der Waals surface area (Å²) in [6, 6.07) is 6.58. The van der Waals surface area contributed by atoms with Crippen molar-refractivity contribution in [2.45, 2.75) is 13.8 Å². The highest BCUT2D eigenvalue weighted by atomic mass is 16.4. The van der Waals surface area contributed by atoms with Gasteiger partial charge >= 0.3 is 5.97 Å². The van der Waals surface area contributed by atoms with Gasteiger partial charge in [0.05, 0.1) is 11.1 Å². The Morgan fingerprint density at radius 3 is 2.52 bits per heavy atom. The molecule has 0 bridgehead atoms. The fourth-order valence-corrected chi connectivity index (χ4v) is 2.03. The summed E-state index contributed by atoms with van der Waals surface area (Å²) in [6.07, 6.45) is 1.55. The summed E-state index contributed by atoms with van der Waals surface area (Å²) in [5.41, 5.74) is 7.71. The van der Waals surface area contributed by atoms with E-state index in [0.717, 1.165) is 0 Å². The average Bonchev–Trinajstić information content (AvgIpc) is 2.40. The van der Waals surface area contributed by atoms with Crippen molar-refractivity contribution in [3.63, 3.8) is 0 Å². The van der Waals surface area contributed by atoms with Gasteiger partial charge < -0.3 is 16.2 Å². The van der Waals surface area contributed by atoms with Gasteiger partial charge in [0.1, 0.15) is 5.82 Å². The largest absolute Gasteiger partial charge is 0.478 e. The number of hydrogen-bond acceptors (Lipinski definition) is 4. The number of primary amides is 1. The summed E-state index contributed by atoms with van der Waals surface area (Å²) in [5, 5.41) is 12.1. The van der Waals surface area contributed by atoms with Crippen LogP contribution in [0.25, 0.3) is 0 Å². The third-order valence-electron chi connectivity index (χ3n) is 3.14. The molecule has 1 heterocycles. The maximum atomic E-state index is 11.5. The number of carboxylic acids is 1. The zero-order valence-electron chi connectivity index (χ0n) is 11.7. The lowest BCUT2D eigenvalue weighted by Gasteiger charge is -2.12. The van der Waals surface area contributed by atoms with Gasteiger partial charge in [0.2, 0.25) is 0 Å². The van der Waals surface area contributed by atoms with E-state index in [0.29, 0.717) is 22.6 Å². The quantitative estimate of drug-likeness (QED) is 0.799. The minimum atomic E-state index is -1.01. The van der Waals surface area contributed by atoms with Gasteiger partial charge in [-0.3, -0.25) is 4.79 Å². The van der Waals surface area contributed by atoms with Crippen molar-refractivity contribution in [3.05, 3.63) is 52.7 Å².